The molecule has 2 amide bonds. The van der Waals surface area contributed by atoms with Gasteiger partial charge in [0.1, 0.15) is 18.4 Å². The maximum absolute atomic E-state index is 11.5. The zero-order chi connectivity index (χ0) is 13.5. The highest BCUT2D eigenvalue weighted by Crippen LogP contribution is 1.98. The lowest BCUT2D eigenvalue weighted by Gasteiger charge is -2.04. The second kappa shape index (κ2) is 6.34. The van der Waals surface area contributed by atoms with E-state index in [-0.39, 0.29) is 31.3 Å². The van der Waals surface area contributed by atoms with Crippen molar-refractivity contribution in [2.45, 2.75) is 13.0 Å². The summed E-state index contributed by atoms with van der Waals surface area (Å²) in [6, 6.07) is 1.55. The van der Waals surface area contributed by atoms with Crippen molar-refractivity contribution in [1.82, 2.24) is 25.8 Å². The smallest absolute Gasteiger partial charge is 0.254 e. The number of rotatable bonds is 6. The monoisotopic (exact) mass is 263 g/mol. The molecule has 8 nitrogen and oxygen atoms in total. The molecule has 2 aromatic heterocycles. The van der Waals surface area contributed by atoms with E-state index in [1.807, 2.05) is 0 Å². The van der Waals surface area contributed by atoms with Gasteiger partial charge in [0.25, 0.3) is 5.91 Å². The van der Waals surface area contributed by atoms with E-state index in [0.29, 0.717) is 11.4 Å². The third-order valence-electron chi connectivity index (χ3n) is 2.34. The van der Waals surface area contributed by atoms with Gasteiger partial charge in [0, 0.05) is 13.0 Å². The van der Waals surface area contributed by atoms with Gasteiger partial charge in [-0.05, 0) is 6.07 Å². The number of nitrogens with one attached hydrogen (secondary N) is 3. The van der Waals surface area contributed by atoms with Gasteiger partial charge in [0.2, 0.25) is 5.91 Å². The zero-order valence-corrected chi connectivity index (χ0v) is 10.0. The molecule has 0 saturated heterocycles. The van der Waals surface area contributed by atoms with E-state index in [1.165, 1.54) is 18.9 Å². The Labute approximate surface area is 108 Å². The van der Waals surface area contributed by atoms with Crippen LogP contribution in [0.4, 0.5) is 0 Å². The summed E-state index contributed by atoms with van der Waals surface area (Å²) in [6.45, 7) is 0.542. The minimum atomic E-state index is -0.267. The predicted molar refractivity (Wildman–Crippen MR) is 63.9 cm³/mol. The van der Waals surface area contributed by atoms with Crippen LogP contribution in [0.3, 0.4) is 0 Å². The number of hydrogen-bond donors (Lipinski definition) is 3. The van der Waals surface area contributed by atoms with Crippen LogP contribution in [0.1, 0.15) is 22.6 Å². The second-order valence-corrected chi connectivity index (χ2v) is 3.73. The summed E-state index contributed by atoms with van der Waals surface area (Å²) in [5, 5.41) is 11.6. The van der Waals surface area contributed by atoms with Crippen LogP contribution in [-0.2, 0) is 11.3 Å². The van der Waals surface area contributed by atoms with Crippen molar-refractivity contribution in [1.29, 1.82) is 0 Å². The first-order valence-electron chi connectivity index (χ1n) is 5.67. The molecular formula is C11H13N5O3. The summed E-state index contributed by atoms with van der Waals surface area (Å²) < 4.78 is 4.79. The minimum absolute atomic E-state index is 0.177. The second-order valence-electron chi connectivity index (χ2n) is 3.73. The van der Waals surface area contributed by atoms with Gasteiger partial charge in [-0.1, -0.05) is 0 Å². The summed E-state index contributed by atoms with van der Waals surface area (Å²) in [5.74, 6) is 0.136. The van der Waals surface area contributed by atoms with Crippen molar-refractivity contribution in [2.75, 3.05) is 6.54 Å². The summed E-state index contributed by atoms with van der Waals surface area (Å²) >= 11 is 0. The first-order valence-corrected chi connectivity index (χ1v) is 5.67. The number of carbonyl (C=O) groups is 2. The zero-order valence-electron chi connectivity index (χ0n) is 10.0. The Hall–Kier alpha value is -2.64. The molecule has 0 aromatic carbocycles. The average molecular weight is 263 g/mol. The lowest BCUT2D eigenvalue weighted by molar-refractivity contribution is -0.121. The van der Waals surface area contributed by atoms with E-state index in [9.17, 15) is 9.59 Å². The summed E-state index contributed by atoms with van der Waals surface area (Å²) in [4.78, 5) is 26.8. The van der Waals surface area contributed by atoms with Gasteiger partial charge in [-0.25, -0.2) is 4.98 Å². The van der Waals surface area contributed by atoms with Crippen LogP contribution in [0.5, 0.6) is 0 Å². The summed E-state index contributed by atoms with van der Waals surface area (Å²) in [7, 11) is 0. The van der Waals surface area contributed by atoms with Crippen molar-refractivity contribution in [2.24, 2.45) is 0 Å². The molecule has 3 N–H and O–H groups in total. The Morgan fingerprint density at radius 1 is 1.37 bits per heavy atom. The van der Waals surface area contributed by atoms with Gasteiger partial charge in [-0.2, -0.15) is 5.10 Å². The number of nitrogens with zero attached hydrogens (tertiary/aromatic N) is 2. The molecule has 0 aliphatic rings. The van der Waals surface area contributed by atoms with Gasteiger partial charge in [-0.15, -0.1) is 0 Å². The largest absolute Gasteiger partial charge is 0.472 e. The van der Waals surface area contributed by atoms with E-state index in [0.717, 1.165) is 0 Å². The number of H-pyrrole nitrogens is 1. The number of aromatic amines is 1. The fraction of sp³-hybridized carbons (Fsp3) is 0.273. The molecule has 0 atom stereocenters. The lowest BCUT2D eigenvalue weighted by Crippen LogP contribution is -2.30. The van der Waals surface area contributed by atoms with Crippen molar-refractivity contribution < 1.29 is 14.0 Å². The van der Waals surface area contributed by atoms with Crippen LogP contribution in [-0.4, -0.2) is 33.5 Å². The van der Waals surface area contributed by atoms with Crippen LogP contribution in [0.25, 0.3) is 0 Å². The number of carbonyl (C=O) groups excluding carboxylic acids is 2. The molecule has 0 radical (unpaired) electrons. The third kappa shape index (κ3) is 3.95. The Morgan fingerprint density at radius 2 is 2.26 bits per heavy atom. The molecule has 100 valence electrons. The molecule has 0 aliphatic heterocycles. The number of amides is 2. The van der Waals surface area contributed by atoms with Gasteiger partial charge < -0.3 is 15.1 Å². The van der Waals surface area contributed by atoms with Crippen LogP contribution < -0.4 is 10.6 Å². The molecule has 0 spiro atoms. The number of furan rings is 1. The van der Waals surface area contributed by atoms with E-state index in [4.69, 9.17) is 4.42 Å². The quantitative estimate of drug-likeness (QED) is 0.670. The maximum Gasteiger partial charge on any atom is 0.254 e. The molecule has 8 heteroatoms. The Kier molecular flexibility index (Phi) is 4.27. The molecule has 0 fully saturated rings. The average Bonchev–Trinajstić information content (AvgIpc) is 3.09. The normalized spacial score (nSPS) is 10.1. The number of hydrogen-bond acceptors (Lipinski definition) is 5. The fourth-order valence-corrected chi connectivity index (χ4v) is 1.37. The van der Waals surface area contributed by atoms with Gasteiger partial charge in [0.15, 0.2) is 0 Å². The van der Waals surface area contributed by atoms with Gasteiger partial charge in [0.05, 0.1) is 18.4 Å². The van der Waals surface area contributed by atoms with Gasteiger partial charge in [-0.3, -0.25) is 14.7 Å². The van der Waals surface area contributed by atoms with E-state index < -0.39 is 0 Å². The molecule has 0 aliphatic carbocycles. The van der Waals surface area contributed by atoms with Crippen LogP contribution in [0.15, 0.2) is 29.3 Å². The highest BCUT2D eigenvalue weighted by molar-refractivity contribution is 5.93. The molecule has 0 unspecified atom stereocenters. The van der Waals surface area contributed by atoms with Crippen molar-refractivity contribution in [3.05, 3.63) is 36.3 Å². The summed E-state index contributed by atoms with van der Waals surface area (Å²) in [5.41, 5.74) is 0.432. The molecular weight excluding hydrogens is 250 g/mol. The Morgan fingerprint density at radius 3 is 2.95 bits per heavy atom. The predicted octanol–water partition coefficient (Wildman–Crippen LogP) is -0.166. The Bertz CT molecular complexity index is 521. The van der Waals surface area contributed by atoms with Crippen molar-refractivity contribution in [3.8, 4) is 0 Å². The van der Waals surface area contributed by atoms with Crippen LogP contribution in [0, 0.1) is 0 Å². The highest BCUT2D eigenvalue weighted by Gasteiger charge is 2.07. The van der Waals surface area contributed by atoms with Gasteiger partial charge >= 0.3 is 0 Å². The Balaban J connectivity index is 1.63. The van der Waals surface area contributed by atoms with Crippen LogP contribution >= 0.6 is 0 Å². The van der Waals surface area contributed by atoms with E-state index in [2.05, 4.69) is 25.8 Å². The van der Waals surface area contributed by atoms with Crippen LogP contribution in [0.2, 0.25) is 0 Å². The first-order chi connectivity index (χ1) is 9.25. The molecule has 2 heterocycles. The third-order valence-corrected chi connectivity index (χ3v) is 2.34. The number of aromatic nitrogens is 3. The topological polar surface area (TPSA) is 113 Å². The van der Waals surface area contributed by atoms with E-state index in [1.54, 1.807) is 6.07 Å². The SMILES string of the molecule is O=C(CCNC(=O)c1ccoc1)NCc1ncn[nH]1. The molecule has 2 aromatic rings. The van der Waals surface area contributed by atoms with Crippen molar-refractivity contribution >= 4 is 11.8 Å². The molecule has 2 rings (SSSR count). The highest BCUT2D eigenvalue weighted by atomic mass is 16.3. The van der Waals surface area contributed by atoms with E-state index >= 15 is 0 Å². The standard InChI is InChI=1S/C11H13N5O3/c17-10(13-5-9-14-7-15-16-9)1-3-12-11(18)8-2-4-19-6-8/h2,4,6-7H,1,3,5H2,(H,12,18)(H,13,17)(H,14,15,16). The maximum atomic E-state index is 11.5. The first kappa shape index (κ1) is 12.8. The molecule has 19 heavy (non-hydrogen) atoms. The van der Waals surface area contributed by atoms with Crippen molar-refractivity contribution in [3.63, 3.8) is 0 Å². The lowest BCUT2D eigenvalue weighted by atomic mass is 10.3. The minimum Gasteiger partial charge on any atom is -0.472 e. The fourth-order valence-electron chi connectivity index (χ4n) is 1.37. The summed E-state index contributed by atoms with van der Waals surface area (Å²) in [6.07, 6.45) is 4.32. The molecule has 0 bridgehead atoms. The molecule has 0 saturated carbocycles.